The van der Waals surface area contributed by atoms with E-state index in [0.717, 1.165) is 23.3 Å². The SMILES string of the molecule is O=C(O)/C=C/c1ccc(O)cc1.O=C(O)/C=C/c1ccc(O)cc1.[Cu]. The van der Waals surface area contributed by atoms with Gasteiger partial charge in [0.2, 0.25) is 0 Å². The zero-order valence-electron chi connectivity index (χ0n) is 12.8. The zero-order valence-corrected chi connectivity index (χ0v) is 13.8. The van der Waals surface area contributed by atoms with Crippen molar-refractivity contribution in [2.24, 2.45) is 0 Å². The minimum absolute atomic E-state index is 0. The smallest absolute Gasteiger partial charge is 0.328 e. The quantitative estimate of drug-likeness (QED) is 0.470. The van der Waals surface area contributed by atoms with Crippen LogP contribution in [-0.2, 0) is 26.7 Å². The van der Waals surface area contributed by atoms with Crippen molar-refractivity contribution in [3.63, 3.8) is 0 Å². The topological polar surface area (TPSA) is 115 Å². The van der Waals surface area contributed by atoms with Crippen LogP contribution in [-0.4, -0.2) is 32.4 Å². The summed E-state index contributed by atoms with van der Waals surface area (Å²) in [4.78, 5) is 20.2. The van der Waals surface area contributed by atoms with Gasteiger partial charge in [-0.05, 0) is 47.5 Å². The molecule has 0 saturated heterocycles. The van der Waals surface area contributed by atoms with Gasteiger partial charge in [0.05, 0.1) is 0 Å². The Labute approximate surface area is 154 Å². The van der Waals surface area contributed by atoms with Gasteiger partial charge in [0, 0.05) is 29.2 Å². The molecule has 135 valence electrons. The van der Waals surface area contributed by atoms with Gasteiger partial charge in [-0.15, -0.1) is 0 Å². The zero-order chi connectivity index (χ0) is 17.9. The molecule has 0 heterocycles. The average molecular weight is 392 g/mol. The predicted molar refractivity (Wildman–Crippen MR) is 89.6 cm³/mol. The average Bonchev–Trinajstić information content (AvgIpc) is 2.54. The molecule has 0 aromatic heterocycles. The summed E-state index contributed by atoms with van der Waals surface area (Å²) in [7, 11) is 0. The number of carboxylic acids is 2. The van der Waals surface area contributed by atoms with E-state index >= 15 is 0 Å². The molecule has 0 aliphatic heterocycles. The van der Waals surface area contributed by atoms with Crippen LogP contribution in [0.3, 0.4) is 0 Å². The summed E-state index contributed by atoms with van der Waals surface area (Å²) in [6, 6.07) is 12.5. The Morgan fingerprint density at radius 3 is 1.16 bits per heavy atom. The molecule has 0 saturated carbocycles. The van der Waals surface area contributed by atoms with Crippen LogP contribution in [0.4, 0.5) is 0 Å². The van der Waals surface area contributed by atoms with Gasteiger partial charge in [0.15, 0.2) is 0 Å². The van der Waals surface area contributed by atoms with Gasteiger partial charge in [-0.25, -0.2) is 9.59 Å². The van der Waals surface area contributed by atoms with Crippen molar-refractivity contribution < 1.29 is 47.1 Å². The number of benzene rings is 2. The first kappa shape index (κ1) is 22.0. The van der Waals surface area contributed by atoms with Gasteiger partial charge in [-0.3, -0.25) is 0 Å². The Morgan fingerprint density at radius 2 is 0.920 bits per heavy atom. The molecule has 0 bridgehead atoms. The largest absolute Gasteiger partial charge is 0.508 e. The second kappa shape index (κ2) is 11.5. The fourth-order valence-electron chi connectivity index (χ4n) is 1.51. The van der Waals surface area contributed by atoms with Crippen molar-refractivity contribution in [1.82, 2.24) is 0 Å². The number of carbonyl (C=O) groups is 2. The first-order valence-electron chi connectivity index (χ1n) is 6.77. The molecule has 25 heavy (non-hydrogen) atoms. The fraction of sp³-hybridized carbons (Fsp3) is 0. The molecule has 0 aliphatic carbocycles. The third-order valence-corrected chi connectivity index (χ3v) is 2.62. The molecule has 7 heteroatoms. The predicted octanol–water partition coefficient (Wildman–Crippen LogP) is 2.98. The molecule has 0 unspecified atom stereocenters. The number of aromatic hydroxyl groups is 2. The van der Waals surface area contributed by atoms with E-state index < -0.39 is 11.9 Å². The molecule has 0 amide bonds. The van der Waals surface area contributed by atoms with Crippen LogP contribution in [0.1, 0.15) is 11.1 Å². The molecule has 2 rings (SSSR count). The van der Waals surface area contributed by atoms with Crippen LogP contribution in [0.25, 0.3) is 12.2 Å². The molecule has 0 atom stereocenters. The molecule has 1 radical (unpaired) electrons. The number of phenolic OH excluding ortho intramolecular Hbond substituents is 2. The second-order valence-electron chi connectivity index (χ2n) is 4.53. The summed E-state index contributed by atoms with van der Waals surface area (Å²) in [6.45, 7) is 0. The Kier molecular flexibility index (Phi) is 10.1. The molecule has 2 aromatic rings. The van der Waals surface area contributed by atoms with Gasteiger partial charge in [0.25, 0.3) is 0 Å². The summed E-state index contributed by atoms with van der Waals surface area (Å²) in [5, 5.41) is 34.4. The number of rotatable bonds is 4. The van der Waals surface area contributed by atoms with Crippen molar-refractivity contribution in [2.75, 3.05) is 0 Å². The minimum Gasteiger partial charge on any atom is -0.508 e. The van der Waals surface area contributed by atoms with Crippen molar-refractivity contribution >= 4 is 24.1 Å². The number of hydrogen-bond acceptors (Lipinski definition) is 4. The van der Waals surface area contributed by atoms with Crippen molar-refractivity contribution in [3.05, 3.63) is 71.8 Å². The van der Waals surface area contributed by atoms with E-state index in [4.69, 9.17) is 20.4 Å². The van der Waals surface area contributed by atoms with Crippen molar-refractivity contribution in [3.8, 4) is 11.5 Å². The van der Waals surface area contributed by atoms with Crippen LogP contribution < -0.4 is 0 Å². The summed E-state index contributed by atoms with van der Waals surface area (Å²) in [5.41, 5.74) is 1.49. The first-order chi connectivity index (χ1) is 11.4. The number of aliphatic carboxylic acids is 2. The van der Waals surface area contributed by atoms with E-state index in [2.05, 4.69) is 0 Å². The van der Waals surface area contributed by atoms with Gasteiger partial charge in [0.1, 0.15) is 11.5 Å². The molecule has 0 fully saturated rings. The maximum Gasteiger partial charge on any atom is 0.328 e. The number of carboxylic acid groups (broad SMARTS) is 2. The summed E-state index contributed by atoms with van der Waals surface area (Å²) < 4.78 is 0. The van der Waals surface area contributed by atoms with Crippen molar-refractivity contribution in [2.45, 2.75) is 0 Å². The number of phenols is 2. The van der Waals surface area contributed by atoms with Crippen LogP contribution in [0.2, 0.25) is 0 Å². The van der Waals surface area contributed by atoms with E-state index in [-0.39, 0.29) is 28.6 Å². The first-order valence-corrected chi connectivity index (χ1v) is 6.77. The number of hydrogen-bond donors (Lipinski definition) is 4. The Bertz CT molecular complexity index is 668. The third kappa shape index (κ3) is 10.4. The molecule has 2 aromatic carbocycles. The van der Waals surface area contributed by atoms with E-state index in [1.54, 1.807) is 24.3 Å². The summed E-state index contributed by atoms with van der Waals surface area (Å²) >= 11 is 0. The monoisotopic (exact) mass is 391 g/mol. The van der Waals surface area contributed by atoms with E-state index in [0.29, 0.717) is 0 Å². The molecular formula is C18H16CuO6. The molecular weight excluding hydrogens is 376 g/mol. The standard InChI is InChI=1S/2C9H8O3.Cu/c2*10-8-4-1-7(2-5-8)3-6-9(11)12;/h2*1-6,10H,(H,11,12);/b2*6-3+;. The summed E-state index contributed by atoms with van der Waals surface area (Å²) in [6.07, 6.45) is 5.02. The van der Waals surface area contributed by atoms with Gasteiger partial charge < -0.3 is 20.4 Å². The van der Waals surface area contributed by atoms with Gasteiger partial charge in [-0.2, -0.15) is 0 Å². The normalized spacial score (nSPS) is 9.92. The Morgan fingerprint density at radius 1 is 0.640 bits per heavy atom. The van der Waals surface area contributed by atoms with Gasteiger partial charge >= 0.3 is 11.9 Å². The van der Waals surface area contributed by atoms with Crippen LogP contribution in [0.5, 0.6) is 11.5 Å². The van der Waals surface area contributed by atoms with E-state index in [1.165, 1.54) is 36.4 Å². The van der Waals surface area contributed by atoms with Crippen LogP contribution >= 0.6 is 0 Å². The Balaban J connectivity index is 0.000000443. The van der Waals surface area contributed by atoms with E-state index in [1.807, 2.05) is 0 Å². The Hall–Kier alpha value is -3.02. The molecule has 4 N–H and O–H groups in total. The fourth-order valence-corrected chi connectivity index (χ4v) is 1.51. The minimum atomic E-state index is -0.983. The molecule has 0 spiro atoms. The van der Waals surface area contributed by atoms with Crippen molar-refractivity contribution in [1.29, 1.82) is 0 Å². The third-order valence-electron chi connectivity index (χ3n) is 2.62. The molecule has 6 nitrogen and oxygen atoms in total. The maximum absolute atomic E-state index is 10.1. The van der Waals surface area contributed by atoms with Crippen LogP contribution in [0, 0.1) is 0 Å². The second-order valence-corrected chi connectivity index (χ2v) is 4.53. The van der Waals surface area contributed by atoms with Gasteiger partial charge in [-0.1, -0.05) is 24.3 Å². The molecule has 0 aliphatic rings. The van der Waals surface area contributed by atoms with E-state index in [9.17, 15) is 9.59 Å². The summed E-state index contributed by atoms with van der Waals surface area (Å²) in [5.74, 6) is -1.63. The van der Waals surface area contributed by atoms with Crippen LogP contribution in [0.15, 0.2) is 60.7 Å². The maximum atomic E-state index is 10.1.